The number of carbonyl (C=O) groups excluding carboxylic acids is 5. The molecule has 17 heavy (non-hydrogen) atoms. The summed E-state index contributed by atoms with van der Waals surface area (Å²) in [5, 5.41) is 0. The normalized spacial score (nSPS) is 1.18. The van der Waals surface area contributed by atoms with Crippen molar-refractivity contribution in [2.45, 2.75) is 0 Å². The van der Waals surface area contributed by atoms with Crippen LogP contribution in [0.2, 0.25) is 0 Å². The van der Waals surface area contributed by atoms with E-state index in [4.69, 9.17) is 24.0 Å². The maximum absolute atomic E-state index is 7.50. The molecule has 0 amide bonds. The molecule has 0 heterocycles. The molecule has 0 aromatic heterocycles. The van der Waals surface area contributed by atoms with Crippen molar-refractivity contribution in [3.05, 3.63) is 0 Å². The summed E-state index contributed by atoms with van der Waals surface area (Å²) < 4.78 is 0. The Kier molecular flexibility index (Phi) is 60800. The molecule has 0 aliphatic rings. The maximum Gasteiger partial charge on any atom is 6.00 e. The average molecular weight is 449 g/mol. The van der Waals surface area contributed by atoms with Gasteiger partial charge < -0.3 is 74.4 Å². The van der Waals surface area contributed by atoms with E-state index < -0.39 is 0 Å². The SMILES string of the molecule is [C]=O.[C]=O.[C]=O.[C]=O.[C]=O.[Cl-].[Cl-].[Cl-].[Cl-].[Cl-].[Cl-].[Mo+6]. The van der Waals surface area contributed by atoms with Crippen molar-refractivity contribution >= 4 is 33.9 Å². The third-order valence-corrected chi connectivity index (χ3v) is 0. The molecule has 0 aliphatic carbocycles. The number of hydrogen-bond donors (Lipinski definition) is 0. The zero-order chi connectivity index (χ0) is 10.0. The zero-order valence-corrected chi connectivity index (χ0v) is 13.8. The predicted octanol–water partition coefficient (Wildman–Crippen LogP) is -20.0. The maximum atomic E-state index is 7.50. The first kappa shape index (κ1) is 150. The van der Waals surface area contributed by atoms with Crippen molar-refractivity contribution in [2.24, 2.45) is 0 Å². The summed E-state index contributed by atoms with van der Waals surface area (Å²) in [5.41, 5.74) is 0. The third-order valence-electron chi connectivity index (χ3n) is 0. The molecule has 12 heteroatoms. The Hall–Kier alpha value is 0.778. The molecule has 0 aromatic carbocycles. The topological polar surface area (TPSA) is 85.3 Å². The summed E-state index contributed by atoms with van der Waals surface area (Å²) in [7, 11) is 0. The van der Waals surface area contributed by atoms with Crippen LogP contribution in [-0.4, -0.2) is 33.9 Å². The first-order valence-corrected chi connectivity index (χ1v) is 1.02. The van der Waals surface area contributed by atoms with Gasteiger partial charge in [0.1, 0.15) is 0 Å². The molecule has 0 fully saturated rings. The molecular formula is C5Cl6MoO5. The van der Waals surface area contributed by atoms with Crippen LogP contribution in [0.4, 0.5) is 0 Å². The Bertz CT molecular complexity index is 42.4. The Balaban J connectivity index is -0.00000000167. The summed E-state index contributed by atoms with van der Waals surface area (Å²) in [6.45, 7) is 22.5. The Morgan fingerprint density at radius 3 is 0.294 bits per heavy atom. The van der Waals surface area contributed by atoms with Crippen LogP contribution in [0.25, 0.3) is 0 Å². The second-order valence-electron chi connectivity index (χ2n) is 0. The molecule has 0 aliphatic heterocycles. The smallest absolute Gasteiger partial charge is 1.00 e. The van der Waals surface area contributed by atoms with Crippen LogP contribution < -0.4 is 74.4 Å². The van der Waals surface area contributed by atoms with E-state index in [2.05, 4.69) is 33.9 Å². The molecule has 10 radical (unpaired) electrons. The molecule has 0 aromatic rings. The quantitative estimate of drug-likeness (QED) is 0.344. The molecular weight excluding hydrogens is 449 g/mol. The molecule has 0 spiro atoms. The van der Waals surface area contributed by atoms with Gasteiger partial charge in [0.05, 0.1) is 0 Å². The Morgan fingerprint density at radius 1 is 0.294 bits per heavy atom. The minimum absolute atomic E-state index is 0. The van der Waals surface area contributed by atoms with Gasteiger partial charge in [-0.1, -0.05) is 0 Å². The largest absolute Gasteiger partial charge is 6.00 e. The van der Waals surface area contributed by atoms with Crippen LogP contribution in [0.5, 0.6) is 0 Å². The summed E-state index contributed by atoms with van der Waals surface area (Å²) in [4.78, 5) is 37.5. The molecule has 5 nitrogen and oxygen atoms in total. The summed E-state index contributed by atoms with van der Waals surface area (Å²) in [6.07, 6.45) is 0. The summed E-state index contributed by atoms with van der Waals surface area (Å²) in [6, 6.07) is 0. The van der Waals surface area contributed by atoms with Crippen LogP contribution in [0.3, 0.4) is 0 Å². The van der Waals surface area contributed by atoms with E-state index in [0.717, 1.165) is 0 Å². The molecule has 0 rings (SSSR count). The fourth-order valence-corrected chi connectivity index (χ4v) is 0. The first-order valence-electron chi connectivity index (χ1n) is 1.02. The van der Waals surface area contributed by atoms with Gasteiger partial charge in [0, 0.05) is 0 Å². The molecule has 98 valence electrons. The van der Waals surface area contributed by atoms with E-state index in [-0.39, 0.29) is 95.5 Å². The van der Waals surface area contributed by atoms with E-state index in [1.54, 1.807) is 0 Å². The second-order valence-corrected chi connectivity index (χ2v) is 0. The van der Waals surface area contributed by atoms with Gasteiger partial charge in [0.25, 0.3) is 33.9 Å². The molecule has 0 N–H and O–H groups in total. The van der Waals surface area contributed by atoms with E-state index in [0.29, 0.717) is 0 Å². The minimum Gasteiger partial charge on any atom is -1.00 e. The number of halogens is 6. The van der Waals surface area contributed by atoms with Crippen LogP contribution in [0.1, 0.15) is 0 Å². The van der Waals surface area contributed by atoms with E-state index in [9.17, 15) is 0 Å². The molecule has 0 saturated heterocycles. The van der Waals surface area contributed by atoms with Gasteiger partial charge in [0.15, 0.2) is 0 Å². The zero-order valence-electron chi connectivity index (χ0n) is 7.22. The first-order chi connectivity index (χ1) is 5.00. The Morgan fingerprint density at radius 2 is 0.294 bits per heavy atom. The van der Waals surface area contributed by atoms with Crippen LogP contribution in [-0.2, 0) is 45.0 Å². The van der Waals surface area contributed by atoms with Crippen molar-refractivity contribution in [3.8, 4) is 0 Å². The van der Waals surface area contributed by atoms with Gasteiger partial charge in [-0.15, -0.1) is 0 Å². The fraction of sp³-hybridized carbons (Fsp3) is 0. The average Bonchev–Trinajstić information content (AvgIpc) is 2.20. The fourth-order valence-electron chi connectivity index (χ4n) is 0. The summed E-state index contributed by atoms with van der Waals surface area (Å²) >= 11 is 0. The molecule has 0 saturated carbocycles. The van der Waals surface area contributed by atoms with Crippen LogP contribution in [0, 0.1) is 0 Å². The van der Waals surface area contributed by atoms with Crippen molar-refractivity contribution < 1.29 is 119 Å². The van der Waals surface area contributed by atoms with Crippen molar-refractivity contribution in [1.29, 1.82) is 0 Å². The number of hydrogen-bond acceptors (Lipinski definition) is 5. The third kappa shape index (κ3) is 6050. The van der Waals surface area contributed by atoms with Gasteiger partial charge >= 0.3 is 21.1 Å². The Labute approximate surface area is 152 Å². The predicted molar refractivity (Wildman–Crippen MR) is 28.5 cm³/mol. The van der Waals surface area contributed by atoms with E-state index >= 15 is 0 Å². The minimum atomic E-state index is 0. The van der Waals surface area contributed by atoms with Gasteiger partial charge in [-0.3, -0.25) is 24.0 Å². The molecule has 0 unspecified atom stereocenters. The molecule has 0 bridgehead atoms. The van der Waals surface area contributed by atoms with Gasteiger partial charge in [-0.05, 0) is 0 Å². The van der Waals surface area contributed by atoms with Gasteiger partial charge in [0.2, 0.25) is 0 Å². The number of rotatable bonds is 0. The van der Waals surface area contributed by atoms with Crippen molar-refractivity contribution in [3.63, 3.8) is 0 Å². The van der Waals surface area contributed by atoms with Gasteiger partial charge in [-0.2, -0.15) is 0 Å². The van der Waals surface area contributed by atoms with Gasteiger partial charge in [-0.25, -0.2) is 0 Å². The molecule has 0 atom stereocenters. The van der Waals surface area contributed by atoms with Crippen LogP contribution >= 0.6 is 0 Å². The van der Waals surface area contributed by atoms with Crippen LogP contribution in [0.15, 0.2) is 0 Å². The van der Waals surface area contributed by atoms with E-state index in [1.807, 2.05) is 0 Å². The second kappa shape index (κ2) is 6900. The monoisotopic (exact) mass is 448 g/mol. The van der Waals surface area contributed by atoms with Crippen molar-refractivity contribution in [2.75, 3.05) is 0 Å². The van der Waals surface area contributed by atoms with E-state index in [1.165, 1.54) is 0 Å². The standard InChI is InChI=1S/5CO.6ClH.Mo/c5*1-2;;;;;;;/h;;;;;6*1H;/q;;;;;;;;;;;+6/p-6. The summed E-state index contributed by atoms with van der Waals surface area (Å²) in [5.74, 6) is 0. The van der Waals surface area contributed by atoms with Crippen molar-refractivity contribution in [1.82, 2.24) is 0 Å².